The number of hydrogen-bond acceptors (Lipinski definition) is 11. The van der Waals surface area contributed by atoms with Crippen molar-refractivity contribution in [1.82, 2.24) is 44.9 Å². The number of imidazole rings is 2. The van der Waals surface area contributed by atoms with Crippen LogP contribution >= 0.6 is 0 Å². The fraction of sp³-hybridized carbons (Fsp3) is 0.451. The van der Waals surface area contributed by atoms with Gasteiger partial charge in [0.05, 0.1) is 60.2 Å². The quantitative estimate of drug-likeness (QED) is 0.0587. The number of aliphatic hydroxyl groups is 2. The number of aliphatic hydroxyl groups excluding tert-OH is 2. The van der Waals surface area contributed by atoms with Gasteiger partial charge < -0.3 is 49.2 Å². The standard InChI is InChI=1S/C51H63N9O7/c1-28(2)42(56-49(63)65-7)46(61)58-20-12-15-38(58)44-52-26-36(54-44)32-16-18-34-39-22-33-21-31(17-19-37(33)60(39)48(67-41(34)23-32)30-13-10-9-11-14-30)35-25-53-45(55-35)40-24-51(5,6)27-59(40)47(62)43(29(3)4)57-50(64)66-8/h9-11,13-14,16-19,21-23,25-26,28-29,38,40,42-43,46,48-49,56,61,63H,12,15,20,24,27H2,1-8H3,(H,52,54)(H,53,55)(H,57,64). The van der Waals surface area contributed by atoms with Crippen LogP contribution in [0.15, 0.2) is 85.2 Å². The minimum atomic E-state index is -1.19. The topological polar surface area (TPSA) is 195 Å². The summed E-state index contributed by atoms with van der Waals surface area (Å²) >= 11 is 0. The van der Waals surface area contributed by atoms with Crippen molar-refractivity contribution in [2.75, 3.05) is 27.3 Å². The molecule has 7 unspecified atom stereocenters. The van der Waals surface area contributed by atoms with E-state index < -0.39 is 37.0 Å². The van der Waals surface area contributed by atoms with Gasteiger partial charge in [0.1, 0.15) is 29.7 Å². The largest absolute Gasteiger partial charge is 0.465 e. The summed E-state index contributed by atoms with van der Waals surface area (Å²) < 4.78 is 19.1. The highest BCUT2D eigenvalue weighted by molar-refractivity contribution is 5.92. The Morgan fingerprint density at radius 3 is 2.24 bits per heavy atom. The second kappa shape index (κ2) is 18.6. The molecule has 0 bridgehead atoms. The van der Waals surface area contributed by atoms with Crippen molar-refractivity contribution in [2.24, 2.45) is 17.3 Å². The fourth-order valence-electron chi connectivity index (χ4n) is 10.3. The number of amides is 2. The number of aromatic nitrogens is 5. The molecule has 354 valence electrons. The molecule has 16 heteroatoms. The van der Waals surface area contributed by atoms with Gasteiger partial charge in [-0.3, -0.25) is 15.0 Å². The van der Waals surface area contributed by atoms with E-state index in [1.54, 1.807) is 0 Å². The van der Waals surface area contributed by atoms with E-state index in [1.807, 2.05) is 68.1 Å². The summed E-state index contributed by atoms with van der Waals surface area (Å²) in [6.45, 7) is 13.3. The van der Waals surface area contributed by atoms with Gasteiger partial charge in [0, 0.05) is 47.8 Å². The second-order valence-corrected chi connectivity index (χ2v) is 19.7. The maximum atomic E-state index is 14.1. The maximum Gasteiger partial charge on any atom is 0.407 e. The number of likely N-dealkylation sites (tertiary alicyclic amines) is 2. The van der Waals surface area contributed by atoms with Gasteiger partial charge in [0.15, 0.2) is 0 Å². The van der Waals surface area contributed by atoms with Gasteiger partial charge in [0.2, 0.25) is 18.5 Å². The van der Waals surface area contributed by atoms with Gasteiger partial charge in [-0.25, -0.2) is 14.8 Å². The summed E-state index contributed by atoms with van der Waals surface area (Å²) in [6.07, 6.45) is 2.99. The Morgan fingerprint density at radius 2 is 1.57 bits per heavy atom. The SMILES string of the molecule is COC(=O)NC(C(=O)N1CC(C)(C)CC1c1ncc(-c2ccc3c(c2)cc2n3C(c3ccccc3)Oc3cc(-c4cnc(C5CCCN5C(O)C(NC(O)OC)C(C)C)[nH]4)ccc3-2)[nH]1)C(C)C. The molecule has 6 aromatic rings. The molecule has 6 N–H and O–H groups in total. The number of methoxy groups -OCH3 is 2. The molecule has 0 aliphatic carbocycles. The molecular weight excluding hydrogens is 851 g/mol. The predicted molar refractivity (Wildman–Crippen MR) is 254 cm³/mol. The first-order valence-electron chi connectivity index (χ1n) is 23.3. The first-order chi connectivity index (χ1) is 32.1. The number of carbonyl (C=O) groups is 2. The highest BCUT2D eigenvalue weighted by Crippen LogP contribution is 2.47. The minimum absolute atomic E-state index is 0.0262. The first-order valence-corrected chi connectivity index (χ1v) is 23.3. The third-order valence-electron chi connectivity index (χ3n) is 13.7. The van der Waals surface area contributed by atoms with Crippen molar-refractivity contribution in [3.63, 3.8) is 0 Å². The molecule has 3 aromatic heterocycles. The molecule has 16 nitrogen and oxygen atoms in total. The molecule has 3 aliphatic heterocycles. The molecule has 2 amide bonds. The zero-order valence-corrected chi connectivity index (χ0v) is 39.5. The van der Waals surface area contributed by atoms with Gasteiger partial charge in [-0.15, -0.1) is 0 Å². The summed E-state index contributed by atoms with van der Waals surface area (Å²) in [5.41, 5.74) is 7.41. The van der Waals surface area contributed by atoms with Crippen molar-refractivity contribution < 1.29 is 34.0 Å². The first kappa shape index (κ1) is 46.1. The summed E-state index contributed by atoms with van der Waals surface area (Å²) in [7, 11) is 2.72. The van der Waals surface area contributed by atoms with Crippen molar-refractivity contribution in [1.29, 1.82) is 0 Å². The van der Waals surface area contributed by atoms with Crippen LogP contribution in [-0.2, 0) is 14.3 Å². The lowest BCUT2D eigenvalue weighted by atomic mass is 9.90. The zero-order chi connectivity index (χ0) is 47.3. The molecule has 9 rings (SSSR count). The highest BCUT2D eigenvalue weighted by Gasteiger charge is 2.45. The van der Waals surface area contributed by atoms with Crippen LogP contribution in [0.3, 0.4) is 0 Å². The molecule has 2 saturated heterocycles. The molecule has 0 saturated carbocycles. The lowest BCUT2D eigenvalue weighted by Crippen LogP contribution is -2.55. The summed E-state index contributed by atoms with van der Waals surface area (Å²) in [6, 6.07) is 23.5. The number of nitrogens with zero attached hydrogens (tertiary/aromatic N) is 5. The van der Waals surface area contributed by atoms with Crippen LogP contribution in [-0.4, -0.2) is 109 Å². The zero-order valence-electron chi connectivity index (χ0n) is 39.5. The number of aromatic amines is 2. The van der Waals surface area contributed by atoms with Crippen molar-refractivity contribution in [3.8, 4) is 39.5 Å². The number of carbonyl (C=O) groups excluding carboxylic acids is 2. The van der Waals surface area contributed by atoms with Crippen molar-refractivity contribution in [2.45, 2.75) is 104 Å². The maximum absolute atomic E-state index is 14.1. The molecule has 3 aromatic carbocycles. The highest BCUT2D eigenvalue weighted by atomic mass is 16.6. The molecule has 7 atom stereocenters. The van der Waals surface area contributed by atoms with Crippen LogP contribution in [0, 0.1) is 17.3 Å². The van der Waals surface area contributed by atoms with Crippen molar-refractivity contribution >= 4 is 22.9 Å². The van der Waals surface area contributed by atoms with Crippen LogP contribution in [0.1, 0.15) is 96.3 Å². The van der Waals surface area contributed by atoms with E-state index in [2.05, 4.69) is 93.6 Å². The Bertz CT molecular complexity index is 2730. The monoisotopic (exact) mass is 913 g/mol. The van der Waals surface area contributed by atoms with E-state index in [0.29, 0.717) is 25.3 Å². The number of benzene rings is 3. The van der Waals surface area contributed by atoms with Crippen LogP contribution in [0.25, 0.3) is 44.7 Å². The second-order valence-electron chi connectivity index (χ2n) is 19.7. The molecule has 67 heavy (non-hydrogen) atoms. The molecule has 2 fully saturated rings. The predicted octanol–water partition coefficient (Wildman–Crippen LogP) is 7.70. The smallest absolute Gasteiger partial charge is 0.407 e. The van der Waals surface area contributed by atoms with Gasteiger partial charge in [0.25, 0.3) is 0 Å². The van der Waals surface area contributed by atoms with Gasteiger partial charge in [-0.2, -0.15) is 0 Å². The van der Waals surface area contributed by atoms with Crippen LogP contribution in [0.4, 0.5) is 4.79 Å². The number of ether oxygens (including phenoxy) is 3. The Labute approximate surface area is 391 Å². The minimum Gasteiger partial charge on any atom is -0.465 e. The number of nitrogens with one attached hydrogen (secondary N) is 4. The Morgan fingerprint density at radius 1 is 0.881 bits per heavy atom. The number of alkyl carbamates (subject to hydrolysis) is 1. The van der Waals surface area contributed by atoms with Crippen LogP contribution in [0.2, 0.25) is 0 Å². The number of hydrogen-bond donors (Lipinski definition) is 6. The molecule has 3 aliphatic rings. The fourth-order valence-corrected chi connectivity index (χ4v) is 10.3. The molecular formula is C51H63N9O7. The average molecular weight is 914 g/mol. The van der Waals surface area contributed by atoms with E-state index in [-0.39, 0.29) is 35.2 Å². The summed E-state index contributed by atoms with van der Waals surface area (Å²) in [5.74, 6) is 1.94. The average Bonchev–Trinajstić information content (AvgIpc) is 4.18. The van der Waals surface area contributed by atoms with E-state index in [0.717, 1.165) is 74.7 Å². The lowest BCUT2D eigenvalue weighted by Gasteiger charge is -2.37. The van der Waals surface area contributed by atoms with Crippen LogP contribution < -0.4 is 15.4 Å². The molecule has 0 spiro atoms. The van der Waals surface area contributed by atoms with Crippen molar-refractivity contribution in [3.05, 3.63) is 102 Å². The van der Waals surface area contributed by atoms with Gasteiger partial charge >= 0.3 is 6.09 Å². The van der Waals surface area contributed by atoms with Gasteiger partial charge in [-0.1, -0.05) is 84.0 Å². The molecule has 0 radical (unpaired) electrons. The van der Waals surface area contributed by atoms with Gasteiger partial charge in [-0.05, 0) is 66.8 Å². The number of rotatable bonds is 14. The Hall–Kier alpha value is -6.04. The third-order valence-corrected chi connectivity index (χ3v) is 13.7. The Kier molecular flexibility index (Phi) is 12.8. The summed E-state index contributed by atoms with van der Waals surface area (Å²) in [5, 5.41) is 28.6. The Balaban J connectivity index is 1.01. The summed E-state index contributed by atoms with van der Waals surface area (Å²) in [4.78, 5) is 47.0. The number of fused-ring (bicyclic) bond motifs is 5. The third kappa shape index (κ3) is 8.96. The van der Waals surface area contributed by atoms with E-state index in [9.17, 15) is 19.8 Å². The van der Waals surface area contributed by atoms with Crippen LogP contribution in [0.5, 0.6) is 5.75 Å². The lowest BCUT2D eigenvalue weighted by molar-refractivity contribution is -0.135. The van der Waals surface area contributed by atoms with E-state index >= 15 is 0 Å². The molecule has 6 heterocycles. The van der Waals surface area contributed by atoms with E-state index in [4.69, 9.17) is 24.2 Å². The van der Waals surface area contributed by atoms with E-state index in [1.165, 1.54) is 14.2 Å². The normalized spacial score (nSPS) is 21.0. The number of H-pyrrole nitrogens is 2.